The molecule has 0 aromatic heterocycles. The summed E-state index contributed by atoms with van der Waals surface area (Å²) in [6, 6.07) is -0.609. The largest absolute Gasteiger partial charge is 0.395 e. The summed E-state index contributed by atoms with van der Waals surface area (Å²) in [4.78, 5) is 1.72. The summed E-state index contributed by atoms with van der Waals surface area (Å²) in [7, 11) is 1.88. The van der Waals surface area contributed by atoms with E-state index in [1.54, 1.807) is 4.90 Å². The monoisotopic (exact) mass is 396 g/mol. The second kappa shape index (κ2) is 15.5. The number of ether oxygens (including phenoxy) is 4. The van der Waals surface area contributed by atoms with Crippen LogP contribution in [0.15, 0.2) is 0 Å². The minimum Gasteiger partial charge on any atom is -0.395 e. The van der Waals surface area contributed by atoms with Gasteiger partial charge in [-0.2, -0.15) is 0 Å². The van der Waals surface area contributed by atoms with Gasteiger partial charge in [0.15, 0.2) is 0 Å². The number of hydrogen-bond donors (Lipinski definition) is 5. The maximum Gasteiger partial charge on any atom is 0.109 e. The van der Waals surface area contributed by atoms with Crippen molar-refractivity contribution in [2.45, 2.75) is 24.4 Å². The van der Waals surface area contributed by atoms with Crippen LogP contribution in [0.1, 0.15) is 0 Å². The number of aliphatic hydroxyl groups excluding tert-OH is 4. The van der Waals surface area contributed by atoms with E-state index in [0.717, 1.165) is 6.54 Å². The molecule has 10 nitrogen and oxygen atoms in total. The summed E-state index contributed by atoms with van der Waals surface area (Å²) < 4.78 is 21.5. The third-order valence-electron chi connectivity index (χ3n) is 4.35. The van der Waals surface area contributed by atoms with E-state index in [1.165, 1.54) is 0 Å². The van der Waals surface area contributed by atoms with Gasteiger partial charge in [0, 0.05) is 19.6 Å². The average Bonchev–Trinajstić information content (AvgIpc) is 2.66. The fourth-order valence-corrected chi connectivity index (χ4v) is 2.75. The third kappa shape index (κ3) is 10.1. The van der Waals surface area contributed by atoms with Gasteiger partial charge in [0.25, 0.3) is 0 Å². The first kappa shape index (κ1) is 24.6. The molecule has 0 spiro atoms. The van der Waals surface area contributed by atoms with Gasteiger partial charge in [-0.3, -0.25) is 4.90 Å². The van der Waals surface area contributed by atoms with Crippen LogP contribution in [-0.4, -0.2) is 136 Å². The van der Waals surface area contributed by atoms with Crippen molar-refractivity contribution in [2.24, 2.45) is 0 Å². The molecular formula is C17H36N2O8. The molecule has 162 valence electrons. The molecule has 0 aromatic rings. The Morgan fingerprint density at radius 1 is 0.815 bits per heavy atom. The molecule has 1 saturated heterocycles. The topological polar surface area (TPSA) is 133 Å². The van der Waals surface area contributed by atoms with Gasteiger partial charge in [-0.1, -0.05) is 0 Å². The van der Waals surface area contributed by atoms with E-state index in [-0.39, 0.29) is 13.2 Å². The fraction of sp³-hybridized carbons (Fsp3) is 1.00. The van der Waals surface area contributed by atoms with Crippen molar-refractivity contribution in [2.75, 3.05) is 86.1 Å². The van der Waals surface area contributed by atoms with Gasteiger partial charge < -0.3 is 44.7 Å². The molecule has 5 N–H and O–H groups in total. The van der Waals surface area contributed by atoms with E-state index in [0.29, 0.717) is 59.4 Å². The normalized spacial score (nSPS) is 26.6. The average molecular weight is 396 g/mol. The molecule has 1 heterocycles. The Balaban J connectivity index is 1.94. The maximum absolute atomic E-state index is 9.90. The molecule has 1 aliphatic rings. The van der Waals surface area contributed by atoms with Gasteiger partial charge in [-0.25, -0.2) is 0 Å². The van der Waals surface area contributed by atoms with E-state index < -0.39 is 24.4 Å². The summed E-state index contributed by atoms with van der Waals surface area (Å²) in [6.45, 7) is 5.12. The SMILES string of the molecule is CNCCOCCOCCOCCOCCN1C[C@H](O)[C@@H](O)[C@H](O)[C@H]1CO. The Labute approximate surface area is 161 Å². The van der Waals surface area contributed by atoms with E-state index in [4.69, 9.17) is 18.9 Å². The van der Waals surface area contributed by atoms with Crippen molar-refractivity contribution in [1.29, 1.82) is 0 Å². The first-order valence-electron chi connectivity index (χ1n) is 9.46. The van der Waals surface area contributed by atoms with Crippen LogP contribution in [-0.2, 0) is 18.9 Å². The van der Waals surface area contributed by atoms with Crippen molar-refractivity contribution in [3.05, 3.63) is 0 Å². The molecule has 4 atom stereocenters. The van der Waals surface area contributed by atoms with Gasteiger partial charge in [0.1, 0.15) is 12.2 Å². The fourth-order valence-electron chi connectivity index (χ4n) is 2.75. The molecule has 0 radical (unpaired) electrons. The molecular weight excluding hydrogens is 360 g/mol. The Morgan fingerprint density at radius 3 is 1.85 bits per heavy atom. The highest BCUT2D eigenvalue weighted by Crippen LogP contribution is 2.18. The van der Waals surface area contributed by atoms with Crippen molar-refractivity contribution >= 4 is 0 Å². The predicted molar refractivity (Wildman–Crippen MR) is 97.7 cm³/mol. The predicted octanol–water partition coefficient (Wildman–Crippen LogP) is -2.97. The highest BCUT2D eigenvalue weighted by Gasteiger charge is 2.40. The number of hydrogen-bond acceptors (Lipinski definition) is 10. The van der Waals surface area contributed by atoms with E-state index in [9.17, 15) is 20.4 Å². The Bertz CT molecular complexity index is 353. The summed E-state index contributed by atoms with van der Waals surface area (Å²) in [5.41, 5.74) is 0. The van der Waals surface area contributed by atoms with Gasteiger partial charge in [0.2, 0.25) is 0 Å². The quantitative estimate of drug-likeness (QED) is 0.172. The van der Waals surface area contributed by atoms with Crippen molar-refractivity contribution in [3.8, 4) is 0 Å². The molecule has 1 rings (SSSR count). The van der Waals surface area contributed by atoms with Gasteiger partial charge in [-0.05, 0) is 7.05 Å². The summed E-state index contributed by atoms with van der Waals surface area (Å²) in [5.74, 6) is 0. The molecule has 0 aromatic carbocycles. The molecule has 1 fully saturated rings. The Kier molecular flexibility index (Phi) is 14.2. The molecule has 0 unspecified atom stereocenters. The second-order valence-electron chi connectivity index (χ2n) is 6.35. The van der Waals surface area contributed by atoms with Crippen LogP contribution in [0.3, 0.4) is 0 Å². The highest BCUT2D eigenvalue weighted by molar-refractivity contribution is 4.93. The van der Waals surface area contributed by atoms with Crippen molar-refractivity contribution < 1.29 is 39.4 Å². The van der Waals surface area contributed by atoms with Gasteiger partial charge in [-0.15, -0.1) is 0 Å². The first-order valence-corrected chi connectivity index (χ1v) is 9.46. The van der Waals surface area contributed by atoms with Crippen molar-refractivity contribution in [1.82, 2.24) is 10.2 Å². The Hall–Kier alpha value is -0.400. The minimum atomic E-state index is -1.24. The van der Waals surface area contributed by atoms with E-state index in [1.807, 2.05) is 7.05 Å². The number of likely N-dealkylation sites (tertiary alicyclic amines) is 1. The van der Waals surface area contributed by atoms with Crippen LogP contribution in [0.5, 0.6) is 0 Å². The molecule has 1 aliphatic heterocycles. The number of nitrogens with one attached hydrogen (secondary N) is 1. The molecule has 0 amide bonds. The first-order chi connectivity index (χ1) is 13.1. The van der Waals surface area contributed by atoms with Gasteiger partial charge in [0.05, 0.1) is 71.6 Å². The standard InChI is InChI=1S/C17H36N2O8/c1-18-2-4-24-6-8-26-10-11-27-9-7-25-5-3-19-12-15(21)17(23)16(22)14(19)13-20/h14-18,20-23H,2-13H2,1H3/t14-,15+,16-,17-/m1/s1. The zero-order valence-electron chi connectivity index (χ0n) is 16.2. The zero-order chi connectivity index (χ0) is 19.9. The number of piperidine rings is 1. The van der Waals surface area contributed by atoms with Crippen molar-refractivity contribution in [3.63, 3.8) is 0 Å². The minimum absolute atomic E-state index is 0.180. The van der Waals surface area contributed by atoms with Crippen LogP contribution >= 0.6 is 0 Å². The highest BCUT2D eigenvalue weighted by atomic mass is 16.6. The van der Waals surface area contributed by atoms with E-state index in [2.05, 4.69) is 5.32 Å². The number of nitrogens with zero attached hydrogens (tertiary/aromatic N) is 1. The number of β-amino-alcohol motifs (C(OH)–C–C–N with tert-alkyl or cyclic N) is 1. The van der Waals surface area contributed by atoms with Crippen LogP contribution in [0, 0.1) is 0 Å². The lowest BCUT2D eigenvalue weighted by Crippen LogP contribution is -2.62. The lowest BCUT2D eigenvalue weighted by molar-refractivity contribution is -0.147. The smallest absolute Gasteiger partial charge is 0.109 e. The summed E-state index contributed by atoms with van der Waals surface area (Å²) >= 11 is 0. The molecule has 10 heteroatoms. The van der Waals surface area contributed by atoms with Crippen LogP contribution in [0.4, 0.5) is 0 Å². The number of aliphatic hydroxyl groups is 4. The van der Waals surface area contributed by atoms with Crippen LogP contribution in [0.2, 0.25) is 0 Å². The second-order valence-corrected chi connectivity index (χ2v) is 6.35. The van der Waals surface area contributed by atoms with E-state index >= 15 is 0 Å². The van der Waals surface area contributed by atoms with Gasteiger partial charge >= 0.3 is 0 Å². The lowest BCUT2D eigenvalue weighted by atomic mass is 9.94. The number of rotatable bonds is 16. The van der Waals surface area contributed by atoms with Crippen LogP contribution in [0.25, 0.3) is 0 Å². The third-order valence-corrected chi connectivity index (χ3v) is 4.35. The summed E-state index contributed by atoms with van der Waals surface area (Å²) in [5, 5.41) is 41.7. The Morgan fingerprint density at radius 2 is 1.33 bits per heavy atom. The van der Waals surface area contributed by atoms with Crippen LogP contribution < -0.4 is 5.32 Å². The number of likely N-dealkylation sites (N-methyl/N-ethyl adjacent to an activating group) is 1. The molecule has 0 bridgehead atoms. The molecule has 0 saturated carbocycles. The molecule has 0 aliphatic carbocycles. The zero-order valence-corrected chi connectivity index (χ0v) is 16.2. The summed E-state index contributed by atoms with van der Waals surface area (Å²) in [6.07, 6.45) is -3.47. The maximum atomic E-state index is 9.90. The molecule has 27 heavy (non-hydrogen) atoms. The lowest BCUT2D eigenvalue weighted by Gasteiger charge is -2.43.